The minimum Gasteiger partial charge on any atom is -0.459 e. The highest BCUT2D eigenvalue weighted by atomic mass is 16.5. The lowest BCUT2D eigenvalue weighted by molar-refractivity contribution is -0.154. The van der Waals surface area contributed by atoms with Gasteiger partial charge in [0.1, 0.15) is 0 Å². The molecule has 0 saturated heterocycles. The first kappa shape index (κ1) is 15.8. The summed E-state index contributed by atoms with van der Waals surface area (Å²) >= 11 is 0. The molecule has 0 aliphatic heterocycles. The zero-order chi connectivity index (χ0) is 15.8. The van der Waals surface area contributed by atoms with E-state index >= 15 is 0 Å². The van der Waals surface area contributed by atoms with Crippen molar-refractivity contribution in [2.24, 2.45) is 0 Å². The van der Waals surface area contributed by atoms with Crippen molar-refractivity contribution >= 4 is 11.9 Å². The molecule has 1 atom stereocenters. The van der Waals surface area contributed by atoms with Crippen molar-refractivity contribution in [3.05, 3.63) is 71.8 Å². The summed E-state index contributed by atoms with van der Waals surface area (Å²) in [7, 11) is 0. The van der Waals surface area contributed by atoms with Crippen LogP contribution < -0.4 is 5.32 Å². The molecule has 1 N–H and O–H groups in total. The molecule has 0 radical (unpaired) electrons. The zero-order valence-corrected chi connectivity index (χ0v) is 12.5. The molecule has 22 heavy (non-hydrogen) atoms. The van der Waals surface area contributed by atoms with Crippen molar-refractivity contribution in [1.82, 2.24) is 5.32 Å². The van der Waals surface area contributed by atoms with Crippen LogP contribution in [-0.4, -0.2) is 18.5 Å². The number of carbonyl (C=O) groups is 2. The van der Waals surface area contributed by atoms with Gasteiger partial charge in [0.25, 0.3) is 0 Å². The van der Waals surface area contributed by atoms with Gasteiger partial charge in [-0.15, -0.1) is 0 Å². The Morgan fingerprint density at radius 1 is 1.00 bits per heavy atom. The lowest BCUT2D eigenvalue weighted by atomic mass is 9.99. The molecular weight excluding hydrogens is 278 g/mol. The fraction of sp³-hybridized carbons (Fsp3) is 0.222. The third-order valence-corrected chi connectivity index (χ3v) is 3.25. The summed E-state index contributed by atoms with van der Waals surface area (Å²) in [6.45, 7) is 1.85. The van der Waals surface area contributed by atoms with Gasteiger partial charge in [-0.25, -0.2) is 4.79 Å². The molecule has 4 nitrogen and oxygen atoms in total. The molecule has 4 heteroatoms. The molecule has 0 aliphatic carbocycles. The van der Waals surface area contributed by atoms with Crippen LogP contribution in [0.1, 0.15) is 24.1 Å². The van der Waals surface area contributed by atoms with Gasteiger partial charge in [0.2, 0.25) is 0 Å². The summed E-state index contributed by atoms with van der Waals surface area (Å²) in [6.07, 6.45) is 0.607. The summed E-state index contributed by atoms with van der Waals surface area (Å²) in [5.41, 5.74) is 2.03. The van der Waals surface area contributed by atoms with Gasteiger partial charge in [-0.3, -0.25) is 4.79 Å². The normalized spacial score (nSPS) is 11.5. The van der Waals surface area contributed by atoms with Crippen LogP contribution in [0.5, 0.6) is 0 Å². The van der Waals surface area contributed by atoms with Crippen LogP contribution in [0, 0.1) is 0 Å². The smallest absolute Gasteiger partial charge is 0.396 e. The summed E-state index contributed by atoms with van der Waals surface area (Å²) < 4.78 is 4.74. The molecular formula is C18H19NO3. The minimum absolute atomic E-state index is 0.181. The standard InChI is InChI=1S/C18H19NO3/c1-2-22-18(21)17(20)19-16(15-11-7-4-8-12-15)13-14-9-5-3-6-10-14/h3-12,16H,2,13H2,1H3,(H,19,20). The van der Waals surface area contributed by atoms with E-state index < -0.39 is 11.9 Å². The lowest BCUT2D eigenvalue weighted by Gasteiger charge is -2.19. The first-order valence-electron chi connectivity index (χ1n) is 7.27. The van der Waals surface area contributed by atoms with Gasteiger partial charge in [-0.2, -0.15) is 0 Å². The largest absolute Gasteiger partial charge is 0.459 e. The van der Waals surface area contributed by atoms with E-state index in [4.69, 9.17) is 4.74 Å². The second-order valence-corrected chi connectivity index (χ2v) is 4.85. The molecule has 0 aromatic heterocycles. The van der Waals surface area contributed by atoms with Crippen molar-refractivity contribution in [3.63, 3.8) is 0 Å². The van der Waals surface area contributed by atoms with Crippen LogP contribution in [0.15, 0.2) is 60.7 Å². The molecule has 1 amide bonds. The molecule has 0 spiro atoms. The monoisotopic (exact) mass is 297 g/mol. The van der Waals surface area contributed by atoms with Gasteiger partial charge >= 0.3 is 11.9 Å². The maximum atomic E-state index is 11.9. The Bertz CT molecular complexity index is 611. The topological polar surface area (TPSA) is 55.4 Å². The fourth-order valence-electron chi connectivity index (χ4n) is 2.20. The number of benzene rings is 2. The molecule has 0 fully saturated rings. The number of hydrogen-bond donors (Lipinski definition) is 1. The van der Waals surface area contributed by atoms with Crippen LogP contribution >= 0.6 is 0 Å². The third-order valence-electron chi connectivity index (χ3n) is 3.25. The van der Waals surface area contributed by atoms with Crippen LogP contribution in [0.4, 0.5) is 0 Å². The second-order valence-electron chi connectivity index (χ2n) is 4.85. The van der Waals surface area contributed by atoms with E-state index in [-0.39, 0.29) is 12.6 Å². The lowest BCUT2D eigenvalue weighted by Crippen LogP contribution is -2.36. The molecule has 2 aromatic carbocycles. The Morgan fingerprint density at radius 3 is 2.18 bits per heavy atom. The SMILES string of the molecule is CCOC(=O)C(=O)NC(Cc1ccccc1)c1ccccc1. The first-order chi connectivity index (χ1) is 10.7. The zero-order valence-electron chi connectivity index (χ0n) is 12.5. The van der Waals surface area contributed by atoms with Crippen LogP contribution in [-0.2, 0) is 20.7 Å². The summed E-state index contributed by atoms with van der Waals surface area (Å²) in [5, 5.41) is 2.75. The van der Waals surface area contributed by atoms with E-state index in [1.54, 1.807) is 6.92 Å². The Hall–Kier alpha value is -2.62. The number of amides is 1. The minimum atomic E-state index is -0.850. The molecule has 2 aromatic rings. The predicted molar refractivity (Wildman–Crippen MR) is 84.1 cm³/mol. The van der Waals surface area contributed by atoms with Crippen LogP contribution in [0.3, 0.4) is 0 Å². The Labute approximate surface area is 130 Å². The molecule has 0 saturated carbocycles. The molecule has 0 aliphatic rings. The highest BCUT2D eigenvalue weighted by Crippen LogP contribution is 2.18. The van der Waals surface area contributed by atoms with Gasteiger partial charge in [-0.05, 0) is 24.5 Å². The first-order valence-corrected chi connectivity index (χ1v) is 7.27. The number of esters is 1. The van der Waals surface area contributed by atoms with Gasteiger partial charge < -0.3 is 10.1 Å². The van der Waals surface area contributed by atoms with Crippen molar-refractivity contribution in [1.29, 1.82) is 0 Å². The molecule has 1 unspecified atom stereocenters. The highest BCUT2D eigenvalue weighted by Gasteiger charge is 2.21. The second kappa shape index (κ2) is 7.98. The molecule has 0 bridgehead atoms. The molecule has 114 valence electrons. The molecule has 2 rings (SSSR count). The Balaban J connectivity index is 2.15. The van der Waals surface area contributed by atoms with Crippen LogP contribution in [0.25, 0.3) is 0 Å². The van der Waals surface area contributed by atoms with E-state index in [1.807, 2.05) is 60.7 Å². The fourth-order valence-corrected chi connectivity index (χ4v) is 2.20. The average molecular weight is 297 g/mol. The van der Waals surface area contributed by atoms with E-state index in [9.17, 15) is 9.59 Å². The van der Waals surface area contributed by atoms with Gasteiger partial charge in [0.15, 0.2) is 0 Å². The number of ether oxygens (including phenoxy) is 1. The van der Waals surface area contributed by atoms with Crippen LogP contribution in [0.2, 0.25) is 0 Å². The number of rotatable bonds is 5. The van der Waals surface area contributed by atoms with Gasteiger partial charge in [0.05, 0.1) is 12.6 Å². The van der Waals surface area contributed by atoms with Crippen molar-refractivity contribution in [2.45, 2.75) is 19.4 Å². The molecule has 0 heterocycles. The van der Waals surface area contributed by atoms with Crippen molar-refractivity contribution in [2.75, 3.05) is 6.61 Å². The number of nitrogens with one attached hydrogen (secondary N) is 1. The summed E-state index contributed by atoms with van der Waals surface area (Å²) in [4.78, 5) is 23.4. The summed E-state index contributed by atoms with van der Waals surface area (Å²) in [6, 6.07) is 19.1. The summed E-state index contributed by atoms with van der Waals surface area (Å²) in [5.74, 6) is -1.57. The van der Waals surface area contributed by atoms with E-state index in [1.165, 1.54) is 0 Å². The predicted octanol–water partition coefficient (Wildman–Crippen LogP) is 2.65. The Morgan fingerprint density at radius 2 is 1.59 bits per heavy atom. The van der Waals surface area contributed by atoms with Gasteiger partial charge in [-0.1, -0.05) is 60.7 Å². The maximum absolute atomic E-state index is 11.9. The van der Waals surface area contributed by atoms with Gasteiger partial charge in [0, 0.05) is 0 Å². The average Bonchev–Trinajstić information content (AvgIpc) is 2.56. The van der Waals surface area contributed by atoms with Crippen molar-refractivity contribution < 1.29 is 14.3 Å². The van der Waals surface area contributed by atoms with E-state index in [2.05, 4.69) is 5.32 Å². The van der Waals surface area contributed by atoms with E-state index in [0.29, 0.717) is 6.42 Å². The third kappa shape index (κ3) is 4.45. The quantitative estimate of drug-likeness (QED) is 0.682. The number of carbonyl (C=O) groups excluding carboxylic acids is 2. The highest BCUT2D eigenvalue weighted by molar-refractivity contribution is 6.32. The maximum Gasteiger partial charge on any atom is 0.396 e. The Kier molecular flexibility index (Phi) is 5.72. The van der Waals surface area contributed by atoms with Crippen molar-refractivity contribution in [3.8, 4) is 0 Å². The number of hydrogen-bond acceptors (Lipinski definition) is 3. The van der Waals surface area contributed by atoms with E-state index in [0.717, 1.165) is 11.1 Å².